The van der Waals surface area contributed by atoms with E-state index in [2.05, 4.69) is 35.1 Å². The van der Waals surface area contributed by atoms with Crippen LogP contribution in [0.25, 0.3) is 0 Å². The number of likely N-dealkylation sites (N-methyl/N-ethyl adjacent to an activating group) is 1. The molecule has 12 heteroatoms. The number of benzene rings is 2. The third-order valence-electron chi connectivity index (χ3n) is 10.4. The molecule has 0 aromatic heterocycles. The fraction of sp³-hybridized carbons (Fsp3) is 0.550. The van der Waals surface area contributed by atoms with Gasteiger partial charge in [-0.05, 0) is 53.2 Å². The SMILES string of the molecule is CCCC(NC(=O)[C@@H]1[C@@H]2[C@H](CN1C(=O)C(NCCc1ccccc1)C(C)(C)C)C2(C)C)C(=O)C(=O)NCC(=O)N[C@H](C(=O)N(C)C)c1ccccc1. The van der Waals surface area contributed by atoms with Gasteiger partial charge in [0.15, 0.2) is 0 Å². The van der Waals surface area contributed by atoms with Gasteiger partial charge in [0.1, 0.15) is 12.1 Å². The number of piperidine rings is 1. The van der Waals surface area contributed by atoms with Gasteiger partial charge < -0.3 is 31.1 Å². The molecule has 2 aliphatic rings. The molecule has 52 heavy (non-hydrogen) atoms. The average molecular weight is 717 g/mol. The van der Waals surface area contributed by atoms with Gasteiger partial charge >= 0.3 is 0 Å². The van der Waals surface area contributed by atoms with Crippen LogP contribution in [-0.2, 0) is 35.2 Å². The van der Waals surface area contributed by atoms with E-state index >= 15 is 0 Å². The lowest BCUT2D eigenvalue weighted by atomic mass is 9.85. The first-order valence-corrected chi connectivity index (χ1v) is 18.2. The van der Waals surface area contributed by atoms with Crippen molar-refractivity contribution in [1.82, 2.24) is 31.1 Å². The van der Waals surface area contributed by atoms with E-state index in [1.165, 1.54) is 4.90 Å². The number of rotatable bonds is 16. The maximum atomic E-state index is 14.3. The fourth-order valence-electron chi connectivity index (χ4n) is 7.37. The lowest BCUT2D eigenvalue weighted by Gasteiger charge is -2.38. The molecule has 1 aliphatic carbocycles. The molecule has 2 aromatic carbocycles. The van der Waals surface area contributed by atoms with Crippen LogP contribution in [0, 0.1) is 22.7 Å². The Kier molecular flexibility index (Phi) is 13.0. The summed E-state index contributed by atoms with van der Waals surface area (Å²) in [7, 11) is 3.15. The molecule has 5 amide bonds. The first-order valence-electron chi connectivity index (χ1n) is 18.2. The van der Waals surface area contributed by atoms with Crippen LogP contribution in [0.1, 0.15) is 71.6 Å². The zero-order valence-corrected chi connectivity index (χ0v) is 31.8. The molecule has 6 atom stereocenters. The molecular formula is C40H56N6O6. The molecule has 1 aliphatic heterocycles. The highest BCUT2D eigenvalue weighted by atomic mass is 16.2. The molecule has 0 radical (unpaired) electrons. The molecule has 1 heterocycles. The Morgan fingerprint density at radius 1 is 0.923 bits per heavy atom. The molecule has 2 aromatic rings. The monoisotopic (exact) mass is 716 g/mol. The van der Waals surface area contributed by atoms with Gasteiger partial charge in [-0.2, -0.15) is 0 Å². The van der Waals surface area contributed by atoms with Crippen molar-refractivity contribution in [3.63, 3.8) is 0 Å². The Bertz CT molecular complexity index is 1610. The van der Waals surface area contributed by atoms with Gasteiger partial charge in [0.25, 0.3) is 5.91 Å². The van der Waals surface area contributed by atoms with Crippen LogP contribution in [0.15, 0.2) is 60.7 Å². The van der Waals surface area contributed by atoms with E-state index in [0.717, 1.165) is 12.0 Å². The van der Waals surface area contributed by atoms with Gasteiger partial charge in [-0.25, -0.2) is 0 Å². The van der Waals surface area contributed by atoms with Crippen molar-refractivity contribution in [3.05, 3.63) is 71.8 Å². The number of ketones is 1. The lowest BCUT2D eigenvalue weighted by molar-refractivity contribution is -0.145. The molecule has 0 spiro atoms. The van der Waals surface area contributed by atoms with Crippen LogP contribution >= 0.6 is 0 Å². The number of nitrogens with one attached hydrogen (secondary N) is 4. The van der Waals surface area contributed by atoms with Crippen LogP contribution in [0.2, 0.25) is 0 Å². The predicted molar refractivity (Wildman–Crippen MR) is 199 cm³/mol. The van der Waals surface area contributed by atoms with Crippen LogP contribution in [0.3, 0.4) is 0 Å². The average Bonchev–Trinajstić information content (AvgIpc) is 3.40. The van der Waals surface area contributed by atoms with E-state index in [4.69, 9.17) is 0 Å². The lowest BCUT2D eigenvalue weighted by Crippen LogP contribution is -2.60. The minimum atomic E-state index is -1.15. The molecular weight excluding hydrogens is 660 g/mol. The van der Waals surface area contributed by atoms with Crippen molar-refractivity contribution in [3.8, 4) is 0 Å². The van der Waals surface area contributed by atoms with Gasteiger partial charge in [-0.15, -0.1) is 0 Å². The molecule has 4 rings (SSSR count). The highest BCUT2D eigenvalue weighted by Gasteiger charge is 2.69. The van der Waals surface area contributed by atoms with Crippen LogP contribution in [0.4, 0.5) is 0 Å². The molecule has 1 saturated carbocycles. The number of carbonyl (C=O) groups excluding carboxylic acids is 6. The van der Waals surface area contributed by atoms with Gasteiger partial charge in [-0.3, -0.25) is 28.8 Å². The standard InChI is InChI=1S/C40H56N6O6/c1-9-16-28(33(48)36(50)42-23-29(47)44-31(37(51)45(7)8)26-19-14-11-15-20-26)43-35(49)32-30-27(40(30,5)6)24-46(32)38(52)34(39(2,3)4)41-22-21-25-17-12-10-13-18-25/h10-15,17-20,27-28,30-32,34,41H,9,16,21-24H2,1-8H3,(H,42,50)(H,43,49)(H,44,47)/t27-,28?,30-,31-,32-,34?/m0/s1. The predicted octanol–water partition coefficient (Wildman–Crippen LogP) is 2.63. The van der Waals surface area contributed by atoms with Crippen LogP contribution < -0.4 is 21.3 Å². The molecule has 2 fully saturated rings. The molecule has 4 N–H and O–H groups in total. The second-order valence-corrected chi connectivity index (χ2v) is 15.9. The molecule has 1 saturated heterocycles. The second-order valence-electron chi connectivity index (χ2n) is 15.9. The van der Waals surface area contributed by atoms with Crippen LogP contribution in [0.5, 0.6) is 0 Å². The third kappa shape index (κ3) is 9.44. The number of carbonyl (C=O) groups is 6. The highest BCUT2D eigenvalue weighted by Crippen LogP contribution is 2.65. The van der Waals surface area contributed by atoms with Crippen LogP contribution in [-0.4, -0.2) is 97.0 Å². The molecule has 12 nitrogen and oxygen atoms in total. The summed E-state index contributed by atoms with van der Waals surface area (Å²) in [5.74, 6) is -3.50. The fourth-order valence-corrected chi connectivity index (χ4v) is 7.37. The number of nitrogens with zero attached hydrogens (tertiary/aromatic N) is 2. The number of likely N-dealkylation sites (tertiary alicyclic amines) is 1. The zero-order valence-electron chi connectivity index (χ0n) is 31.8. The molecule has 2 unspecified atom stereocenters. The minimum Gasteiger partial charge on any atom is -0.347 e. The summed E-state index contributed by atoms with van der Waals surface area (Å²) in [5.41, 5.74) is 1.13. The van der Waals surface area contributed by atoms with E-state index < -0.39 is 59.6 Å². The number of fused-ring (bicyclic) bond motifs is 1. The van der Waals surface area contributed by atoms with Crippen molar-refractivity contribution < 1.29 is 28.8 Å². The maximum Gasteiger partial charge on any atom is 0.290 e. The topological polar surface area (TPSA) is 157 Å². The smallest absolute Gasteiger partial charge is 0.290 e. The third-order valence-corrected chi connectivity index (χ3v) is 10.4. The second kappa shape index (κ2) is 16.8. The highest BCUT2D eigenvalue weighted by molar-refractivity contribution is 6.38. The largest absolute Gasteiger partial charge is 0.347 e. The Hall–Kier alpha value is -4.58. The van der Waals surface area contributed by atoms with Crippen molar-refractivity contribution in [2.45, 2.75) is 85.0 Å². The van der Waals surface area contributed by atoms with E-state index in [1.54, 1.807) is 49.3 Å². The summed E-state index contributed by atoms with van der Waals surface area (Å²) in [4.78, 5) is 83.6. The van der Waals surface area contributed by atoms with E-state index in [-0.39, 0.29) is 35.5 Å². The van der Waals surface area contributed by atoms with Crippen molar-refractivity contribution in [2.75, 3.05) is 33.7 Å². The Labute approximate surface area is 307 Å². The molecule has 282 valence electrons. The Balaban J connectivity index is 1.42. The number of hydrogen-bond donors (Lipinski definition) is 4. The normalized spacial score (nSPS) is 20.5. The van der Waals surface area contributed by atoms with Crippen molar-refractivity contribution in [1.29, 1.82) is 0 Å². The zero-order chi connectivity index (χ0) is 38.4. The quantitative estimate of drug-likeness (QED) is 0.195. The summed E-state index contributed by atoms with van der Waals surface area (Å²) in [6.45, 7) is 12.5. The number of amides is 5. The van der Waals surface area contributed by atoms with Gasteiger partial charge in [0, 0.05) is 20.6 Å². The van der Waals surface area contributed by atoms with E-state index in [1.807, 2.05) is 58.0 Å². The summed E-state index contributed by atoms with van der Waals surface area (Å²) in [5, 5.41) is 11.3. The minimum absolute atomic E-state index is 0.0845. The first kappa shape index (κ1) is 40.2. The summed E-state index contributed by atoms with van der Waals surface area (Å²) < 4.78 is 0. The number of hydrogen-bond acceptors (Lipinski definition) is 7. The van der Waals surface area contributed by atoms with E-state index in [0.29, 0.717) is 25.1 Å². The van der Waals surface area contributed by atoms with Gasteiger partial charge in [0.05, 0.1) is 18.6 Å². The van der Waals surface area contributed by atoms with Gasteiger partial charge in [0.2, 0.25) is 29.4 Å². The number of Topliss-reactive ketones (excluding diaryl/α,β-unsaturated/α-hetero) is 1. The summed E-state index contributed by atoms with van der Waals surface area (Å²) >= 11 is 0. The Morgan fingerprint density at radius 3 is 2.12 bits per heavy atom. The Morgan fingerprint density at radius 2 is 1.54 bits per heavy atom. The molecule has 0 bridgehead atoms. The van der Waals surface area contributed by atoms with E-state index in [9.17, 15) is 28.8 Å². The van der Waals surface area contributed by atoms with Crippen molar-refractivity contribution >= 4 is 35.3 Å². The maximum absolute atomic E-state index is 14.3. The summed E-state index contributed by atoms with van der Waals surface area (Å²) in [6, 6.07) is 15.3. The summed E-state index contributed by atoms with van der Waals surface area (Å²) in [6.07, 6.45) is 1.44. The first-order chi connectivity index (χ1) is 24.5. The van der Waals surface area contributed by atoms with Gasteiger partial charge in [-0.1, -0.05) is 109 Å². The van der Waals surface area contributed by atoms with Crippen molar-refractivity contribution in [2.24, 2.45) is 22.7 Å².